The van der Waals surface area contributed by atoms with Crippen LogP contribution in [-0.4, -0.2) is 69.3 Å². The van der Waals surface area contributed by atoms with E-state index >= 15 is 0 Å². The molecule has 0 radical (unpaired) electrons. The number of anilines is 1. The largest absolute Gasteiger partial charge is 0.444 e. The van der Waals surface area contributed by atoms with Crippen molar-refractivity contribution in [1.82, 2.24) is 15.2 Å². The van der Waals surface area contributed by atoms with Crippen molar-refractivity contribution in [3.8, 4) is 0 Å². The molecule has 224 valence electrons. The minimum atomic E-state index is -0.878. The van der Waals surface area contributed by atoms with Crippen LogP contribution in [0.3, 0.4) is 0 Å². The number of aromatic nitrogens is 1. The molecule has 14 heteroatoms. The number of allylic oxidation sites excluding steroid dienone is 1. The van der Waals surface area contributed by atoms with E-state index in [0.29, 0.717) is 11.4 Å². The highest BCUT2D eigenvalue weighted by Gasteiger charge is 2.53. The van der Waals surface area contributed by atoms with Gasteiger partial charge in [0.2, 0.25) is 6.79 Å². The fourth-order valence-electron chi connectivity index (χ4n) is 3.63. The van der Waals surface area contributed by atoms with Gasteiger partial charge in [0.05, 0.1) is 16.7 Å². The van der Waals surface area contributed by atoms with Crippen molar-refractivity contribution in [1.29, 1.82) is 0 Å². The smallest absolute Gasteiger partial charge is 0.413 e. The second-order valence-corrected chi connectivity index (χ2v) is 13.7. The third-order valence-electron chi connectivity index (χ3n) is 5.47. The number of amides is 3. The van der Waals surface area contributed by atoms with Gasteiger partial charge in [-0.15, -0.1) is 23.1 Å². The number of carbonyl (C=O) groups is 5. The van der Waals surface area contributed by atoms with Crippen LogP contribution in [0.15, 0.2) is 23.2 Å². The van der Waals surface area contributed by atoms with Crippen molar-refractivity contribution >= 4 is 63.6 Å². The molecule has 3 rings (SSSR count). The summed E-state index contributed by atoms with van der Waals surface area (Å²) in [5.74, 6) is -1.93. The van der Waals surface area contributed by atoms with Crippen molar-refractivity contribution in [2.24, 2.45) is 11.3 Å². The zero-order chi connectivity index (χ0) is 30.7. The lowest BCUT2D eigenvalue weighted by Gasteiger charge is -2.48. The third-order valence-corrected chi connectivity index (χ3v) is 7.41. The Hall–Kier alpha value is -3.39. The Morgan fingerprint density at radius 3 is 2.44 bits per heavy atom. The second-order valence-electron chi connectivity index (χ2n) is 11.7. The monoisotopic (exact) mass is 608 g/mol. The second kappa shape index (κ2) is 12.6. The van der Waals surface area contributed by atoms with Gasteiger partial charge >= 0.3 is 18.0 Å². The molecule has 2 aliphatic rings. The highest BCUT2D eigenvalue weighted by molar-refractivity contribution is 8.00. The fraction of sp³-hybridized carbons (Fsp3) is 0.556. The molecule has 2 aliphatic heterocycles. The number of hydrogen-bond acceptors (Lipinski definition) is 11. The van der Waals surface area contributed by atoms with Gasteiger partial charge in [-0.1, -0.05) is 19.9 Å². The molecule has 0 aromatic carbocycles. The number of thiazole rings is 1. The van der Waals surface area contributed by atoms with Crippen molar-refractivity contribution in [3.05, 3.63) is 28.9 Å². The standard InChI is InChI=1S/C27H36N4O8S2/c1-14(2)11-15(16-12-41-24(28-16)30-25(36)39-27(6,7)8)19(32)29-18-20(33)31-17(9-10-40-21(18)31)22(34)37-13-38-23(35)26(3,4)5/h9,11-12,14,18,21H,10,13H2,1-8H3,(H,29,32)(H,28,30,36)/b15-11-. The topological polar surface area (TPSA) is 153 Å². The molecule has 3 heterocycles. The van der Waals surface area contributed by atoms with E-state index in [1.165, 1.54) is 16.7 Å². The predicted octanol–water partition coefficient (Wildman–Crippen LogP) is 3.90. The summed E-state index contributed by atoms with van der Waals surface area (Å²) in [4.78, 5) is 68.7. The molecular formula is C27H36N4O8S2. The summed E-state index contributed by atoms with van der Waals surface area (Å²) in [5, 5.41) is 6.70. The van der Waals surface area contributed by atoms with Gasteiger partial charge in [0.1, 0.15) is 22.7 Å². The normalized spacial score (nSPS) is 19.0. The van der Waals surface area contributed by atoms with E-state index in [9.17, 15) is 24.0 Å². The van der Waals surface area contributed by atoms with Crippen LogP contribution >= 0.6 is 23.1 Å². The first-order valence-electron chi connectivity index (χ1n) is 13.0. The minimum absolute atomic E-state index is 0.0194. The number of rotatable bonds is 8. The molecule has 0 saturated carbocycles. The molecule has 3 amide bonds. The van der Waals surface area contributed by atoms with E-state index < -0.39 is 59.1 Å². The molecule has 0 bridgehead atoms. The Kier molecular flexibility index (Phi) is 9.90. The molecule has 2 atom stereocenters. The molecule has 1 aromatic heterocycles. The zero-order valence-electron chi connectivity index (χ0n) is 24.4. The van der Waals surface area contributed by atoms with Crippen molar-refractivity contribution in [2.75, 3.05) is 17.9 Å². The van der Waals surface area contributed by atoms with Crippen LogP contribution in [0.2, 0.25) is 0 Å². The molecule has 41 heavy (non-hydrogen) atoms. The summed E-state index contributed by atoms with van der Waals surface area (Å²) in [6.07, 6.45) is 2.61. The average molecular weight is 609 g/mol. The highest BCUT2D eigenvalue weighted by Crippen LogP contribution is 2.38. The summed E-state index contributed by atoms with van der Waals surface area (Å²) in [7, 11) is 0. The quantitative estimate of drug-likeness (QED) is 0.192. The van der Waals surface area contributed by atoms with Gasteiger partial charge in [-0.05, 0) is 53.5 Å². The van der Waals surface area contributed by atoms with Gasteiger partial charge in [0.15, 0.2) is 5.13 Å². The van der Waals surface area contributed by atoms with Crippen LogP contribution in [-0.2, 0) is 33.4 Å². The SMILES string of the molecule is CC(C)/C=C(\C(=O)NC1C(=O)N2C(C(=O)OCOC(=O)C(C)(C)C)=CCSC12)c1csc(NC(=O)OC(C)(C)C)n1. The van der Waals surface area contributed by atoms with E-state index in [2.05, 4.69) is 15.6 Å². The van der Waals surface area contributed by atoms with Crippen molar-refractivity contribution in [2.45, 2.75) is 72.4 Å². The van der Waals surface area contributed by atoms with E-state index in [0.717, 1.165) is 11.3 Å². The van der Waals surface area contributed by atoms with Crippen molar-refractivity contribution in [3.63, 3.8) is 0 Å². The number of carbonyl (C=O) groups excluding carboxylic acids is 5. The molecular weight excluding hydrogens is 572 g/mol. The van der Waals surface area contributed by atoms with Crippen LogP contribution in [0, 0.1) is 11.3 Å². The van der Waals surface area contributed by atoms with Crippen LogP contribution < -0.4 is 10.6 Å². The lowest BCUT2D eigenvalue weighted by atomic mass is 9.98. The molecule has 1 fully saturated rings. The number of fused-ring (bicyclic) bond motifs is 1. The maximum absolute atomic E-state index is 13.4. The number of ether oxygens (including phenoxy) is 3. The summed E-state index contributed by atoms with van der Waals surface area (Å²) in [6, 6.07) is -0.878. The van der Waals surface area contributed by atoms with Gasteiger partial charge in [-0.25, -0.2) is 14.6 Å². The molecule has 0 spiro atoms. The summed E-state index contributed by atoms with van der Waals surface area (Å²) in [6.45, 7) is 13.5. The van der Waals surface area contributed by atoms with Gasteiger partial charge in [0, 0.05) is 11.1 Å². The molecule has 0 aliphatic carbocycles. The van der Waals surface area contributed by atoms with E-state index in [1.807, 2.05) is 13.8 Å². The van der Waals surface area contributed by atoms with Crippen LogP contribution in [0.25, 0.3) is 5.57 Å². The molecule has 2 N–H and O–H groups in total. The Morgan fingerprint density at radius 1 is 1.15 bits per heavy atom. The van der Waals surface area contributed by atoms with Crippen molar-refractivity contribution < 1.29 is 38.2 Å². The Balaban J connectivity index is 1.65. The van der Waals surface area contributed by atoms with Gasteiger partial charge in [0.25, 0.3) is 11.8 Å². The Bertz CT molecular complexity index is 1270. The predicted molar refractivity (Wildman–Crippen MR) is 154 cm³/mol. The van der Waals surface area contributed by atoms with Crippen LogP contribution in [0.4, 0.5) is 9.93 Å². The lowest BCUT2D eigenvalue weighted by molar-refractivity contribution is -0.173. The zero-order valence-corrected chi connectivity index (χ0v) is 26.0. The summed E-state index contributed by atoms with van der Waals surface area (Å²) < 4.78 is 15.3. The first kappa shape index (κ1) is 32.1. The average Bonchev–Trinajstić information content (AvgIpc) is 3.30. The molecule has 1 saturated heterocycles. The summed E-state index contributed by atoms with van der Waals surface area (Å²) in [5.41, 5.74) is -0.823. The van der Waals surface area contributed by atoms with Gasteiger partial charge in [-0.2, -0.15) is 0 Å². The third kappa shape index (κ3) is 8.32. The summed E-state index contributed by atoms with van der Waals surface area (Å²) >= 11 is 2.52. The van der Waals surface area contributed by atoms with Crippen LogP contribution in [0.1, 0.15) is 61.1 Å². The Labute approximate surface area is 247 Å². The van der Waals surface area contributed by atoms with Gasteiger partial charge in [-0.3, -0.25) is 24.6 Å². The van der Waals surface area contributed by atoms with E-state index in [4.69, 9.17) is 14.2 Å². The number of nitrogens with zero attached hydrogens (tertiary/aromatic N) is 2. The molecule has 12 nitrogen and oxygen atoms in total. The van der Waals surface area contributed by atoms with E-state index in [1.54, 1.807) is 59.1 Å². The Morgan fingerprint density at radius 2 is 1.83 bits per heavy atom. The first-order valence-corrected chi connectivity index (χ1v) is 14.9. The van der Waals surface area contributed by atoms with Crippen LogP contribution in [0.5, 0.6) is 0 Å². The fourth-order valence-corrected chi connectivity index (χ4v) is 5.52. The minimum Gasteiger partial charge on any atom is -0.444 e. The number of esters is 2. The number of nitrogens with one attached hydrogen (secondary N) is 2. The molecule has 2 unspecified atom stereocenters. The number of thioether (sulfide) groups is 1. The number of hydrogen-bond donors (Lipinski definition) is 2. The number of β-lactam (4-membered cyclic amide) rings is 1. The first-order chi connectivity index (χ1) is 19.0. The van der Waals surface area contributed by atoms with Gasteiger partial charge < -0.3 is 19.5 Å². The molecule has 1 aromatic rings. The lowest BCUT2D eigenvalue weighted by Crippen LogP contribution is -2.70. The maximum atomic E-state index is 13.4. The highest BCUT2D eigenvalue weighted by atomic mass is 32.2. The van der Waals surface area contributed by atoms with E-state index in [-0.39, 0.29) is 22.3 Å². The maximum Gasteiger partial charge on any atom is 0.413 e.